The van der Waals surface area contributed by atoms with Gasteiger partial charge in [0.2, 0.25) is 0 Å². The van der Waals surface area contributed by atoms with E-state index in [1.165, 1.54) is 12.1 Å². The number of allylic oxidation sites excluding steroid dienone is 1. The van der Waals surface area contributed by atoms with Crippen LogP contribution in [0.1, 0.15) is 20.3 Å². The van der Waals surface area contributed by atoms with Gasteiger partial charge in [-0.3, -0.25) is 5.32 Å². The maximum atomic E-state index is 3.39. The molecule has 1 atom stereocenters. The van der Waals surface area contributed by atoms with Gasteiger partial charge in [-0.25, -0.2) is 0 Å². The summed E-state index contributed by atoms with van der Waals surface area (Å²) in [5, 5.41) is 6.66. The Balaban J connectivity index is 2.33. The summed E-state index contributed by atoms with van der Waals surface area (Å²) in [6.45, 7) is 5.35. The Morgan fingerprint density at radius 3 is 2.89 bits per heavy atom. The van der Waals surface area contributed by atoms with Crippen molar-refractivity contribution in [2.45, 2.75) is 25.8 Å². The van der Waals surface area contributed by atoms with Crippen molar-refractivity contribution in [1.82, 2.24) is 10.6 Å². The van der Waals surface area contributed by atoms with Gasteiger partial charge in [-0.05, 0) is 25.8 Å². The minimum absolute atomic E-state index is 0.384. The van der Waals surface area contributed by atoms with Crippen LogP contribution in [0.15, 0.2) is 11.3 Å². The van der Waals surface area contributed by atoms with Crippen molar-refractivity contribution >= 4 is 0 Å². The van der Waals surface area contributed by atoms with E-state index < -0.39 is 0 Å². The zero-order valence-corrected chi connectivity index (χ0v) is 5.91. The highest BCUT2D eigenvalue weighted by Crippen LogP contribution is 2.44. The van der Waals surface area contributed by atoms with Crippen molar-refractivity contribution in [2.24, 2.45) is 0 Å². The molecule has 0 aromatic rings. The molecule has 0 bridgehead atoms. The summed E-state index contributed by atoms with van der Waals surface area (Å²) in [5.41, 5.74) is 3.33. The van der Waals surface area contributed by atoms with Gasteiger partial charge in [-0.1, -0.05) is 0 Å². The SMILES string of the molecule is CC1=C2C[C@@]2(C)NCN1. The number of fused-ring (bicyclic) bond motifs is 1. The summed E-state index contributed by atoms with van der Waals surface area (Å²) in [4.78, 5) is 0. The fraction of sp³-hybridized carbons (Fsp3) is 0.714. The summed E-state index contributed by atoms with van der Waals surface area (Å²) >= 11 is 0. The van der Waals surface area contributed by atoms with Crippen LogP contribution in [0.3, 0.4) is 0 Å². The zero-order chi connectivity index (χ0) is 6.48. The first kappa shape index (κ1) is 5.30. The Labute approximate surface area is 55.3 Å². The largest absolute Gasteiger partial charge is 0.376 e. The monoisotopic (exact) mass is 124 g/mol. The van der Waals surface area contributed by atoms with E-state index in [1.807, 2.05) is 0 Å². The molecule has 0 aromatic carbocycles. The molecule has 1 saturated carbocycles. The highest BCUT2D eigenvalue weighted by molar-refractivity contribution is 5.42. The van der Waals surface area contributed by atoms with E-state index in [2.05, 4.69) is 24.5 Å². The van der Waals surface area contributed by atoms with E-state index in [-0.39, 0.29) is 0 Å². The van der Waals surface area contributed by atoms with Crippen molar-refractivity contribution in [3.05, 3.63) is 11.3 Å². The Hall–Kier alpha value is -0.500. The van der Waals surface area contributed by atoms with Crippen LogP contribution in [0.4, 0.5) is 0 Å². The standard InChI is InChI=1S/C7H12N2/c1-5-6-3-7(6,2)9-4-8-5/h8-9H,3-4H2,1-2H3/t7-/m1/s1. The summed E-state index contributed by atoms with van der Waals surface area (Å²) in [7, 11) is 0. The Morgan fingerprint density at radius 2 is 2.33 bits per heavy atom. The molecule has 1 aliphatic heterocycles. The molecule has 0 radical (unpaired) electrons. The van der Waals surface area contributed by atoms with Gasteiger partial charge in [0.25, 0.3) is 0 Å². The van der Waals surface area contributed by atoms with E-state index in [0.717, 1.165) is 6.67 Å². The van der Waals surface area contributed by atoms with Crippen LogP contribution in [0.2, 0.25) is 0 Å². The number of hydrogen-bond donors (Lipinski definition) is 2. The molecule has 2 heteroatoms. The second kappa shape index (κ2) is 1.32. The van der Waals surface area contributed by atoms with Crippen molar-refractivity contribution in [3.8, 4) is 0 Å². The minimum atomic E-state index is 0.384. The van der Waals surface area contributed by atoms with Gasteiger partial charge in [-0.2, -0.15) is 0 Å². The number of rotatable bonds is 0. The van der Waals surface area contributed by atoms with E-state index in [4.69, 9.17) is 0 Å². The fourth-order valence-electron chi connectivity index (χ4n) is 1.50. The first-order valence-electron chi connectivity index (χ1n) is 3.41. The molecule has 0 aromatic heterocycles. The number of nitrogens with one attached hydrogen (secondary N) is 2. The van der Waals surface area contributed by atoms with Gasteiger partial charge < -0.3 is 5.32 Å². The lowest BCUT2D eigenvalue weighted by Gasteiger charge is -2.18. The predicted octanol–water partition coefficient (Wildman–Crippen LogP) is 0.573. The first-order valence-corrected chi connectivity index (χ1v) is 3.41. The Bertz CT molecular complexity index is 183. The molecule has 50 valence electrons. The molecular formula is C7H12N2. The lowest BCUT2D eigenvalue weighted by Crippen LogP contribution is -2.40. The third-order valence-electron chi connectivity index (χ3n) is 2.36. The first-order chi connectivity index (χ1) is 4.22. The molecule has 2 aliphatic rings. The smallest absolute Gasteiger partial charge is 0.0657 e. The van der Waals surface area contributed by atoms with E-state index in [1.54, 1.807) is 5.57 Å². The van der Waals surface area contributed by atoms with Gasteiger partial charge in [-0.15, -0.1) is 0 Å². The molecule has 0 unspecified atom stereocenters. The third-order valence-corrected chi connectivity index (χ3v) is 2.36. The maximum Gasteiger partial charge on any atom is 0.0657 e. The number of hydrogen-bond acceptors (Lipinski definition) is 2. The summed E-state index contributed by atoms with van der Waals surface area (Å²) in [6, 6.07) is 0. The van der Waals surface area contributed by atoms with Crippen LogP contribution in [-0.2, 0) is 0 Å². The normalized spacial score (nSPS) is 39.8. The van der Waals surface area contributed by atoms with Crippen LogP contribution in [0.5, 0.6) is 0 Å². The van der Waals surface area contributed by atoms with Crippen molar-refractivity contribution in [2.75, 3.05) is 6.67 Å². The summed E-state index contributed by atoms with van der Waals surface area (Å²) < 4.78 is 0. The topological polar surface area (TPSA) is 24.1 Å². The molecule has 9 heavy (non-hydrogen) atoms. The quantitative estimate of drug-likeness (QED) is 0.493. The van der Waals surface area contributed by atoms with E-state index in [0.29, 0.717) is 5.54 Å². The second-order valence-electron chi connectivity index (χ2n) is 3.14. The molecule has 0 amide bonds. The van der Waals surface area contributed by atoms with E-state index in [9.17, 15) is 0 Å². The maximum absolute atomic E-state index is 3.39. The molecule has 0 spiro atoms. The van der Waals surface area contributed by atoms with Gasteiger partial charge in [0, 0.05) is 11.2 Å². The molecular weight excluding hydrogens is 112 g/mol. The average Bonchev–Trinajstić information content (AvgIpc) is 2.43. The van der Waals surface area contributed by atoms with Gasteiger partial charge in [0.15, 0.2) is 0 Å². The third kappa shape index (κ3) is 0.597. The van der Waals surface area contributed by atoms with Crippen LogP contribution in [0.25, 0.3) is 0 Å². The summed E-state index contributed by atoms with van der Waals surface area (Å²) in [5.74, 6) is 0. The highest BCUT2D eigenvalue weighted by atomic mass is 15.2. The molecule has 1 heterocycles. The van der Waals surface area contributed by atoms with Gasteiger partial charge in [0.1, 0.15) is 0 Å². The molecule has 2 nitrogen and oxygen atoms in total. The highest BCUT2D eigenvalue weighted by Gasteiger charge is 2.46. The Kier molecular flexibility index (Phi) is 0.776. The van der Waals surface area contributed by atoms with Crippen LogP contribution < -0.4 is 10.6 Å². The molecule has 0 saturated heterocycles. The van der Waals surface area contributed by atoms with Crippen LogP contribution >= 0.6 is 0 Å². The Morgan fingerprint density at radius 1 is 1.56 bits per heavy atom. The average molecular weight is 124 g/mol. The van der Waals surface area contributed by atoms with Crippen LogP contribution in [0, 0.1) is 0 Å². The minimum Gasteiger partial charge on any atom is -0.376 e. The van der Waals surface area contributed by atoms with Crippen molar-refractivity contribution in [1.29, 1.82) is 0 Å². The van der Waals surface area contributed by atoms with Gasteiger partial charge in [0.05, 0.1) is 6.67 Å². The molecule has 1 fully saturated rings. The second-order valence-corrected chi connectivity index (χ2v) is 3.14. The predicted molar refractivity (Wildman–Crippen MR) is 36.9 cm³/mol. The lowest BCUT2D eigenvalue weighted by atomic mass is 10.2. The zero-order valence-electron chi connectivity index (χ0n) is 5.91. The van der Waals surface area contributed by atoms with Crippen molar-refractivity contribution < 1.29 is 0 Å². The summed E-state index contributed by atoms with van der Waals surface area (Å²) in [6.07, 6.45) is 1.24. The van der Waals surface area contributed by atoms with Crippen LogP contribution in [-0.4, -0.2) is 12.2 Å². The van der Waals surface area contributed by atoms with Gasteiger partial charge >= 0.3 is 0 Å². The van der Waals surface area contributed by atoms with Crippen molar-refractivity contribution in [3.63, 3.8) is 0 Å². The molecule has 1 aliphatic carbocycles. The molecule has 2 rings (SSSR count). The van der Waals surface area contributed by atoms with E-state index >= 15 is 0 Å². The fourth-order valence-corrected chi connectivity index (χ4v) is 1.50. The molecule has 2 N–H and O–H groups in total. The lowest BCUT2D eigenvalue weighted by molar-refractivity contribution is 0.509.